The first-order chi connectivity index (χ1) is 9.95. The Morgan fingerprint density at radius 2 is 1.95 bits per heavy atom. The van der Waals surface area contributed by atoms with Crippen LogP contribution < -0.4 is 5.32 Å². The van der Waals surface area contributed by atoms with E-state index < -0.39 is 0 Å². The van der Waals surface area contributed by atoms with Crippen LogP contribution in [0, 0.1) is 23.7 Å². The Morgan fingerprint density at radius 3 is 2.52 bits per heavy atom. The second kappa shape index (κ2) is 5.62. The van der Waals surface area contributed by atoms with E-state index >= 15 is 0 Å². The number of amides is 2. The molecule has 3 rings (SSSR count). The number of piperazine rings is 1. The molecule has 1 saturated heterocycles. The molecule has 5 atom stereocenters. The van der Waals surface area contributed by atoms with Crippen molar-refractivity contribution in [2.24, 2.45) is 23.7 Å². The third-order valence-electron chi connectivity index (χ3n) is 5.84. The highest BCUT2D eigenvalue weighted by atomic mass is 16.2. The fourth-order valence-electron chi connectivity index (χ4n) is 4.83. The highest BCUT2D eigenvalue weighted by Crippen LogP contribution is 2.50. The fourth-order valence-corrected chi connectivity index (χ4v) is 4.83. The van der Waals surface area contributed by atoms with Crippen molar-refractivity contribution in [1.82, 2.24) is 10.2 Å². The molecule has 0 aromatic rings. The number of carbonyl (C=O) groups is 2. The van der Waals surface area contributed by atoms with Crippen LogP contribution >= 0.6 is 0 Å². The first-order valence-corrected chi connectivity index (χ1v) is 8.55. The molecule has 1 aliphatic heterocycles. The molecule has 118 valence electrons. The topological polar surface area (TPSA) is 49.4 Å². The average molecular weight is 292 g/mol. The molecule has 0 aromatic heterocycles. The van der Waals surface area contributed by atoms with E-state index in [1.165, 1.54) is 25.7 Å². The van der Waals surface area contributed by atoms with Crippen molar-refractivity contribution in [2.75, 3.05) is 6.54 Å². The lowest BCUT2D eigenvalue weighted by Gasteiger charge is -2.41. The van der Waals surface area contributed by atoms with Crippen LogP contribution in [0.25, 0.3) is 0 Å². The number of rotatable bonds is 4. The van der Waals surface area contributed by atoms with E-state index in [4.69, 9.17) is 0 Å². The summed E-state index contributed by atoms with van der Waals surface area (Å²) >= 11 is 0. The second-order valence-electron chi connectivity index (χ2n) is 7.80. The summed E-state index contributed by atoms with van der Waals surface area (Å²) < 4.78 is 0. The van der Waals surface area contributed by atoms with Crippen molar-refractivity contribution < 1.29 is 9.59 Å². The number of nitrogens with one attached hydrogen (secondary N) is 1. The zero-order chi connectivity index (χ0) is 15.1. The lowest BCUT2D eigenvalue weighted by Crippen LogP contribution is -2.61. The van der Waals surface area contributed by atoms with Crippen LogP contribution in [0.2, 0.25) is 0 Å². The van der Waals surface area contributed by atoms with Crippen molar-refractivity contribution >= 4 is 11.8 Å². The minimum Gasteiger partial charge on any atom is -0.343 e. The molecule has 5 unspecified atom stereocenters. The second-order valence-corrected chi connectivity index (χ2v) is 7.80. The summed E-state index contributed by atoms with van der Waals surface area (Å²) in [7, 11) is 0. The molecule has 2 aliphatic carbocycles. The van der Waals surface area contributed by atoms with E-state index in [1.54, 1.807) is 0 Å². The lowest BCUT2D eigenvalue weighted by molar-refractivity contribution is -0.148. The smallest absolute Gasteiger partial charge is 0.245 e. The Balaban J connectivity index is 1.70. The van der Waals surface area contributed by atoms with Crippen molar-refractivity contribution in [1.29, 1.82) is 0 Å². The van der Waals surface area contributed by atoms with Crippen molar-refractivity contribution in [3.63, 3.8) is 0 Å². The quantitative estimate of drug-likeness (QED) is 0.863. The van der Waals surface area contributed by atoms with Crippen LogP contribution in [0.15, 0.2) is 0 Å². The van der Waals surface area contributed by atoms with Crippen LogP contribution in [0.5, 0.6) is 0 Å². The van der Waals surface area contributed by atoms with Gasteiger partial charge in [0.25, 0.3) is 0 Å². The van der Waals surface area contributed by atoms with Gasteiger partial charge in [0.1, 0.15) is 6.04 Å². The maximum atomic E-state index is 12.7. The fraction of sp³-hybridized carbons (Fsp3) is 0.882. The van der Waals surface area contributed by atoms with E-state index in [2.05, 4.69) is 26.1 Å². The number of carbonyl (C=O) groups excluding carboxylic acids is 2. The molecule has 2 saturated carbocycles. The molecule has 0 spiro atoms. The molecule has 0 aromatic carbocycles. The van der Waals surface area contributed by atoms with E-state index in [0.717, 1.165) is 18.3 Å². The summed E-state index contributed by atoms with van der Waals surface area (Å²) in [5.41, 5.74) is 0. The van der Waals surface area contributed by atoms with Gasteiger partial charge in [-0.25, -0.2) is 0 Å². The molecule has 4 heteroatoms. The van der Waals surface area contributed by atoms with E-state index in [1.807, 2.05) is 4.90 Å². The molecule has 1 heterocycles. The molecular formula is C17H28N2O2. The summed E-state index contributed by atoms with van der Waals surface area (Å²) in [6, 6.07) is -0.0965. The van der Waals surface area contributed by atoms with Crippen LogP contribution in [-0.4, -0.2) is 35.3 Å². The van der Waals surface area contributed by atoms with Gasteiger partial charge in [-0.05, 0) is 56.3 Å². The van der Waals surface area contributed by atoms with Crippen molar-refractivity contribution in [3.8, 4) is 0 Å². The number of hydrogen-bond acceptors (Lipinski definition) is 2. The Morgan fingerprint density at radius 1 is 1.19 bits per heavy atom. The normalized spacial score (nSPS) is 37.2. The van der Waals surface area contributed by atoms with Gasteiger partial charge in [-0.3, -0.25) is 9.59 Å². The predicted octanol–water partition coefficient (Wildman–Crippen LogP) is 2.18. The summed E-state index contributed by atoms with van der Waals surface area (Å²) in [6.45, 7) is 6.60. The Bertz CT molecular complexity index is 435. The van der Waals surface area contributed by atoms with Crippen LogP contribution in [0.1, 0.15) is 52.9 Å². The summed E-state index contributed by atoms with van der Waals surface area (Å²) in [5.74, 6) is 2.83. The Kier molecular flexibility index (Phi) is 3.98. The van der Waals surface area contributed by atoms with Gasteiger partial charge in [0.05, 0.1) is 6.54 Å². The minimum absolute atomic E-state index is 0.00950. The van der Waals surface area contributed by atoms with Crippen molar-refractivity contribution in [3.05, 3.63) is 0 Å². The zero-order valence-electron chi connectivity index (χ0n) is 13.5. The summed E-state index contributed by atoms with van der Waals surface area (Å²) in [5, 5.41) is 2.88. The molecule has 2 bridgehead atoms. The largest absolute Gasteiger partial charge is 0.343 e. The number of nitrogens with zero attached hydrogens (tertiary/aromatic N) is 1. The first-order valence-electron chi connectivity index (χ1n) is 8.55. The third kappa shape index (κ3) is 2.82. The van der Waals surface area contributed by atoms with Gasteiger partial charge in [-0.1, -0.05) is 20.3 Å². The molecule has 0 radical (unpaired) electrons. The highest BCUT2D eigenvalue weighted by Gasteiger charge is 2.46. The van der Waals surface area contributed by atoms with Gasteiger partial charge in [0.15, 0.2) is 0 Å². The molecular weight excluding hydrogens is 264 g/mol. The van der Waals surface area contributed by atoms with Gasteiger partial charge in [0.2, 0.25) is 11.8 Å². The van der Waals surface area contributed by atoms with E-state index in [0.29, 0.717) is 11.8 Å². The van der Waals surface area contributed by atoms with Crippen LogP contribution in [-0.2, 0) is 9.59 Å². The molecule has 3 aliphatic rings. The molecule has 1 N–H and O–H groups in total. The van der Waals surface area contributed by atoms with Gasteiger partial charge < -0.3 is 10.2 Å². The van der Waals surface area contributed by atoms with Gasteiger partial charge >= 0.3 is 0 Å². The summed E-state index contributed by atoms with van der Waals surface area (Å²) in [4.78, 5) is 26.6. The van der Waals surface area contributed by atoms with Crippen LogP contribution in [0.4, 0.5) is 0 Å². The molecule has 4 nitrogen and oxygen atoms in total. The van der Waals surface area contributed by atoms with E-state index in [-0.39, 0.29) is 30.4 Å². The number of fused-ring (bicyclic) bond motifs is 2. The molecule has 2 amide bonds. The van der Waals surface area contributed by atoms with Gasteiger partial charge in [-0.15, -0.1) is 0 Å². The Hall–Kier alpha value is -1.06. The standard InChI is InChI=1S/C17H28N2O2/c1-10(2)6-15-17(21)19(9-16(20)18-15)11(3)14-8-12-4-5-13(14)7-12/h10-15H,4-9H2,1-3H3,(H,18,20). The van der Waals surface area contributed by atoms with E-state index in [9.17, 15) is 9.59 Å². The molecule has 21 heavy (non-hydrogen) atoms. The minimum atomic E-state index is -0.313. The lowest BCUT2D eigenvalue weighted by atomic mass is 9.82. The van der Waals surface area contributed by atoms with Crippen LogP contribution in [0.3, 0.4) is 0 Å². The number of hydrogen-bond donors (Lipinski definition) is 1. The SMILES string of the molecule is CC(C)CC1NC(=O)CN(C(C)C2CC3CCC2C3)C1=O. The summed E-state index contributed by atoms with van der Waals surface area (Å²) in [6.07, 6.45) is 6.04. The van der Waals surface area contributed by atoms with Gasteiger partial charge in [-0.2, -0.15) is 0 Å². The highest BCUT2D eigenvalue weighted by molar-refractivity contribution is 5.95. The average Bonchev–Trinajstić information content (AvgIpc) is 3.03. The third-order valence-corrected chi connectivity index (χ3v) is 5.84. The maximum absolute atomic E-state index is 12.7. The monoisotopic (exact) mass is 292 g/mol. The zero-order valence-corrected chi connectivity index (χ0v) is 13.5. The predicted molar refractivity (Wildman–Crippen MR) is 81.5 cm³/mol. The first kappa shape index (κ1) is 14.9. The Labute approximate surface area is 127 Å². The van der Waals surface area contributed by atoms with Gasteiger partial charge in [0, 0.05) is 6.04 Å². The maximum Gasteiger partial charge on any atom is 0.245 e. The molecule has 3 fully saturated rings. The van der Waals surface area contributed by atoms with Crippen molar-refractivity contribution in [2.45, 2.75) is 65.0 Å².